The van der Waals surface area contributed by atoms with Crippen molar-refractivity contribution in [3.63, 3.8) is 0 Å². The summed E-state index contributed by atoms with van der Waals surface area (Å²) in [5.41, 5.74) is -0.0788. The molecule has 36 heavy (non-hydrogen) atoms. The maximum atomic E-state index is 15.4. The fraction of sp³-hybridized carbons (Fsp3) is 0.385. The summed E-state index contributed by atoms with van der Waals surface area (Å²) in [5, 5.41) is 9.48. The van der Waals surface area contributed by atoms with Gasteiger partial charge in [0.1, 0.15) is 22.8 Å². The Morgan fingerprint density at radius 1 is 1.22 bits per heavy atom. The number of aromatic nitrogens is 1. The van der Waals surface area contributed by atoms with Gasteiger partial charge in [0, 0.05) is 36.7 Å². The Labute approximate surface area is 206 Å². The number of fused-ring (bicyclic) bond motifs is 1. The van der Waals surface area contributed by atoms with E-state index in [1.807, 2.05) is 0 Å². The Morgan fingerprint density at radius 2 is 1.97 bits per heavy atom. The summed E-state index contributed by atoms with van der Waals surface area (Å²) in [4.78, 5) is 45.9. The highest BCUT2D eigenvalue weighted by atomic mass is 19.1. The van der Waals surface area contributed by atoms with E-state index < -0.39 is 28.9 Å². The molecule has 1 aromatic heterocycles. The van der Waals surface area contributed by atoms with Crippen molar-refractivity contribution in [2.24, 2.45) is 11.3 Å². The molecule has 1 spiro atoms. The van der Waals surface area contributed by atoms with E-state index >= 15 is 4.39 Å². The van der Waals surface area contributed by atoms with Gasteiger partial charge in [-0.25, -0.2) is 18.6 Å². The summed E-state index contributed by atoms with van der Waals surface area (Å²) < 4.78 is 34.1. The largest absolute Gasteiger partial charge is 0.463 e. The van der Waals surface area contributed by atoms with E-state index in [-0.39, 0.29) is 63.1 Å². The lowest BCUT2D eigenvalue weighted by Gasteiger charge is -2.31. The zero-order chi connectivity index (χ0) is 25.6. The number of pyridine rings is 1. The van der Waals surface area contributed by atoms with Crippen LogP contribution in [-0.4, -0.2) is 60.5 Å². The Morgan fingerprint density at radius 3 is 2.64 bits per heavy atom. The van der Waals surface area contributed by atoms with Gasteiger partial charge in [-0.1, -0.05) is 0 Å². The molecule has 2 unspecified atom stereocenters. The molecule has 0 bridgehead atoms. The summed E-state index contributed by atoms with van der Waals surface area (Å²) in [6, 6.07) is 6.88. The zero-order valence-corrected chi connectivity index (χ0v) is 19.7. The molecule has 2 aromatic rings. The minimum Gasteiger partial charge on any atom is -0.463 e. The van der Waals surface area contributed by atoms with Crippen LogP contribution in [0, 0.1) is 23.0 Å². The van der Waals surface area contributed by atoms with Crippen LogP contribution in [0.25, 0.3) is 6.08 Å². The monoisotopic (exact) mass is 497 g/mol. The topological polar surface area (TPSA) is 100 Å². The van der Waals surface area contributed by atoms with Crippen molar-refractivity contribution in [3.05, 3.63) is 53.1 Å². The molecular formula is C26H25F2N3O5. The van der Waals surface area contributed by atoms with Crippen molar-refractivity contribution in [2.75, 3.05) is 42.6 Å². The van der Waals surface area contributed by atoms with Gasteiger partial charge in [-0.3, -0.25) is 9.59 Å². The number of rotatable bonds is 5. The number of anilines is 3. The highest BCUT2D eigenvalue weighted by molar-refractivity contribution is 6.15. The highest BCUT2D eigenvalue weighted by Gasteiger charge is 2.57. The SMILES string of the molecule is CCOC(=O)C1=Cc2cc(F)c(N3CCC4(C3)C(=O)CC(CO)C4=O)nc2N(c2ccc(F)cc2)C1. The standard InChI is InChI=1S/C26H25F2N3O5/c1-2-36-25(35)16-9-15-10-20(28)24(29-23(15)31(12-16)19-5-3-18(27)4-6-19)30-8-7-26(14-30)21(33)11-17(13-32)22(26)34/h3-6,9-10,17,32H,2,7-8,11-14H2,1H3. The first-order valence-corrected chi connectivity index (χ1v) is 11.8. The summed E-state index contributed by atoms with van der Waals surface area (Å²) in [6.45, 7) is 1.79. The molecular weight excluding hydrogens is 472 g/mol. The molecule has 3 aliphatic rings. The second kappa shape index (κ2) is 9.09. The van der Waals surface area contributed by atoms with Gasteiger partial charge in [-0.15, -0.1) is 0 Å². The summed E-state index contributed by atoms with van der Waals surface area (Å²) in [5.74, 6) is -2.56. The third kappa shape index (κ3) is 3.85. The lowest BCUT2D eigenvalue weighted by atomic mass is 9.82. The lowest BCUT2D eigenvalue weighted by molar-refractivity contribution is -0.138. The quantitative estimate of drug-likeness (QED) is 0.497. The van der Waals surface area contributed by atoms with Crippen LogP contribution in [0.3, 0.4) is 0 Å². The number of aliphatic hydroxyl groups is 1. The number of carbonyl (C=O) groups is 3. The minimum absolute atomic E-state index is 0.00959. The molecule has 1 N–H and O–H groups in total. The maximum Gasteiger partial charge on any atom is 0.335 e. The molecule has 2 atom stereocenters. The summed E-state index contributed by atoms with van der Waals surface area (Å²) >= 11 is 0. The first-order valence-electron chi connectivity index (χ1n) is 11.8. The number of esters is 1. The van der Waals surface area contributed by atoms with Gasteiger partial charge in [0.2, 0.25) is 0 Å². The number of carbonyl (C=O) groups excluding carboxylic acids is 3. The summed E-state index contributed by atoms with van der Waals surface area (Å²) in [7, 11) is 0. The Kier molecular flexibility index (Phi) is 6.07. The molecule has 10 heteroatoms. The fourth-order valence-corrected chi connectivity index (χ4v) is 5.30. The van der Waals surface area contributed by atoms with Gasteiger partial charge < -0.3 is 19.6 Å². The van der Waals surface area contributed by atoms with Crippen LogP contribution in [0.4, 0.5) is 26.1 Å². The molecule has 0 radical (unpaired) electrons. The molecule has 3 heterocycles. The third-order valence-electron chi connectivity index (χ3n) is 7.15. The van der Waals surface area contributed by atoms with Crippen LogP contribution in [0.5, 0.6) is 0 Å². The second-order valence-corrected chi connectivity index (χ2v) is 9.28. The number of nitrogens with zero attached hydrogens (tertiary/aromatic N) is 3. The van der Waals surface area contributed by atoms with Crippen molar-refractivity contribution < 1.29 is 33.0 Å². The van der Waals surface area contributed by atoms with Crippen LogP contribution in [0.15, 0.2) is 35.9 Å². The lowest BCUT2D eigenvalue weighted by Crippen LogP contribution is -2.38. The van der Waals surface area contributed by atoms with E-state index in [0.717, 1.165) is 0 Å². The van der Waals surface area contributed by atoms with E-state index in [4.69, 9.17) is 4.74 Å². The van der Waals surface area contributed by atoms with Gasteiger partial charge >= 0.3 is 5.97 Å². The Balaban J connectivity index is 1.54. The number of ether oxygens (including phenoxy) is 1. The van der Waals surface area contributed by atoms with Crippen LogP contribution < -0.4 is 9.80 Å². The van der Waals surface area contributed by atoms with Gasteiger partial charge in [0.05, 0.1) is 25.3 Å². The van der Waals surface area contributed by atoms with Gasteiger partial charge in [-0.2, -0.15) is 0 Å². The first-order chi connectivity index (χ1) is 17.3. The molecule has 1 aliphatic carbocycles. The molecule has 5 rings (SSSR count). The molecule has 2 fully saturated rings. The zero-order valence-electron chi connectivity index (χ0n) is 19.7. The fourth-order valence-electron chi connectivity index (χ4n) is 5.30. The third-order valence-corrected chi connectivity index (χ3v) is 7.15. The molecule has 1 saturated heterocycles. The van der Waals surface area contributed by atoms with Crippen LogP contribution >= 0.6 is 0 Å². The van der Waals surface area contributed by atoms with E-state index in [9.17, 15) is 23.9 Å². The summed E-state index contributed by atoms with van der Waals surface area (Å²) in [6.07, 6.45) is 1.74. The average Bonchev–Trinajstić information content (AvgIpc) is 3.41. The van der Waals surface area contributed by atoms with Crippen molar-refractivity contribution >= 4 is 40.9 Å². The van der Waals surface area contributed by atoms with E-state index in [1.54, 1.807) is 16.7 Å². The molecule has 188 valence electrons. The van der Waals surface area contributed by atoms with Crippen molar-refractivity contribution in [1.29, 1.82) is 0 Å². The van der Waals surface area contributed by atoms with E-state index in [1.165, 1.54) is 36.4 Å². The number of benzene rings is 1. The van der Waals surface area contributed by atoms with Crippen molar-refractivity contribution in [1.82, 2.24) is 4.98 Å². The molecule has 8 nitrogen and oxygen atoms in total. The number of Topliss-reactive ketones (excluding diaryl/α,β-unsaturated/α-hetero) is 2. The van der Waals surface area contributed by atoms with Crippen LogP contribution in [-0.2, 0) is 19.1 Å². The van der Waals surface area contributed by atoms with Crippen molar-refractivity contribution in [3.8, 4) is 0 Å². The predicted octanol–water partition coefficient (Wildman–Crippen LogP) is 2.80. The number of ketones is 2. The maximum absolute atomic E-state index is 15.4. The minimum atomic E-state index is -1.26. The number of halogens is 2. The normalized spacial score (nSPS) is 23.3. The van der Waals surface area contributed by atoms with E-state index in [0.29, 0.717) is 22.6 Å². The second-order valence-electron chi connectivity index (χ2n) is 9.28. The average molecular weight is 497 g/mol. The molecule has 2 aliphatic heterocycles. The highest BCUT2D eigenvalue weighted by Crippen LogP contribution is 2.45. The van der Waals surface area contributed by atoms with Gasteiger partial charge in [0.25, 0.3) is 0 Å². The molecule has 1 saturated carbocycles. The van der Waals surface area contributed by atoms with Crippen LogP contribution in [0.1, 0.15) is 25.3 Å². The Hall–Kier alpha value is -3.66. The Bertz CT molecular complexity index is 1280. The van der Waals surface area contributed by atoms with Crippen LogP contribution in [0.2, 0.25) is 0 Å². The van der Waals surface area contributed by atoms with E-state index in [2.05, 4.69) is 4.98 Å². The van der Waals surface area contributed by atoms with Gasteiger partial charge in [-0.05, 0) is 49.8 Å². The van der Waals surface area contributed by atoms with Gasteiger partial charge in [0.15, 0.2) is 17.4 Å². The predicted molar refractivity (Wildman–Crippen MR) is 127 cm³/mol. The molecule has 0 amide bonds. The number of aliphatic hydroxyl groups excluding tert-OH is 1. The number of hydrogen-bond acceptors (Lipinski definition) is 8. The van der Waals surface area contributed by atoms with Crippen molar-refractivity contribution in [2.45, 2.75) is 19.8 Å². The smallest absolute Gasteiger partial charge is 0.335 e. The molecule has 1 aromatic carbocycles. The number of hydrogen-bond donors (Lipinski definition) is 1. The first kappa shape index (κ1) is 24.1.